The molecule has 4 nitrogen and oxygen atoms in total. The summed E-state index contributed by atoms with van der Waals surface area (Å²) in [6.07, 6.45) is 5.36. The molecule has 6 heteroatoms. The monoisotopic (exact) mass is 334 g/mol. The lowest BCUT2D eigenvalue weighted by molar-refractivity contribution is 0.690. The van der Waals surface area contributed by atoms with Gasteiger partial charge in [-0.05, 0) is 35.7 Å². The lowest BCUT2D eigenvalue weighted by atomic mass is 10.1. The molecule has 0 spiro atoms. The van der Waals surface area contributed by atoms with E-state index in [2.05, 4.69) is 22.2 Å². The molecule has 0 aliphatic heterocycles. The molecule has 0 radical (unpaired) electrons. The lowest BCUT2D eigenvalue weighted by Gasteiger charge is -2.11. The highest BCUT2D eigenvalue weighted by Crippen LogP contribution is 2.35. The van der Waals surface area contributed by atoms with Gasteiger partial charge in [0, 0.05) is 37.1 Å². The summed E-state index contributed by atoms with van der Waals surface area (Å²) in [6.45, 7) is 3.41. The molecule has 0 unspecified atom stereocenters. The Hall–Kier alpha value is -1.75. The molecule has 0 saturated carbocycles. The van der Waals surface area contributed by atoms with Crippen molar-refractivity contribution in [3.8, 4) is 0 Å². The van der Waals surface area contributed by atoms with E-state index < -0.39 is 0 Å². The minimum atomic E-state index is 0.581. The highest BCUT2D eigenvalue weighted by molar-refractivity contribution is 6.42. The van der Waals surface area contributed by atoms with E-state index in [1.54, 1.807) is 12.4 Å². The standard InChI is InChI=1S/C16H16Cl2N4/c1-9-2-3-20-6-11(9)7-21-5-10-4-12(17)14-13(18)8-22-16(14)15(10)19/h2-4,6,8,21-22H,5,7,19H2,1H3. The zero-order chi connectivity index (χ0) is 15.7. The van der Waals surface area contributed by atoms with Gasteiger partial charge in [0.25, 0.3) is 0 Å². The first-order valence-electron chi connectivity index (χ1n) is 6.91. The molecule has 0 atom stereocenters. The SMILES string of the molecule is Cc1ccncc1CNCc1cc(Cl)c2c(Cl)c[nH]c2c1N. The Morgan fingerprint density at radius 2 is 2.00 bits per heavy atom. The van der Waals surface area contributed by atoms with Crippen LogP contribution in [0.1, 0.15) is 16.7 Å². The van der Waals surface area contributed by atoms with Crippen LogP contribution >= 0.6 is 23.2 Å². The number of aromatic nitrogens is 2. The number of halogens is 2. The fourth-order valence-electron chi connectivity index (χ4n) is 2.47. The molecular weight excluding hydrogens is 319 g/mol. The highest BCUT2D eigenvalue weighted by Gasteiger charge is 2.13. The Balaban J connectivity index is 1.80. The quantitative estimate of drug-likeness (QED) is 0.630. The van der Waals surface area contributed by atoms with Crippen molar-refractivity contribution in [2.24, 2.45) is 0 Å². The van der Waals surface area contributed by atoms with Crippen LogP contribution in [0.4, 0.5) is 5.69 Å². The fraction of sp³-hybridized carbons (Fsp3) is 0.188. The van der Waals surface area contributed by atoms with E-state index in [-0.39, 0.29) is 0 Å². The number of aryl methyl sites for hydroxylation is 1. The van der Waals surface area contributed by atoms with Gasteiger partial charge in [-0.25, -0.2) is 0 Å². The topological polar surface area (TPSA) is 66.7 Å². The summed E-state index contributed by atoms with van der Waals surface area (Å²) >= 11 is 12.4. The number of nitrogens with zero attached hydrogens (tertiary/aromatic N) is 1. The Labute approximate surface area is 138 Å². The maximum absolute atomic E-state index is 6.30. The van der Waals surface area contributed by atoms with E-state index in [1.165, 1.54) is 5.56 Å². The smallest absolute Gasteiger partial charge is 0.0721 e. The molecule has 2 heterocycles. The second kappa shape index (κ2) is 6.16. The summed E-state index contributed by atoms with van der Waals surface area (Å²) in [5, 5.41) is 5.33. The molecule has 2 aromatic heterocycles. The number of rotatable bonds is 4. The number of nitrogens with two attached hydrogens (primary N) is 1. The summed E-state index contributed by atoms with van der Waals surface area (Å²) in [7, 11) is 0. The van der Waals surface area contributed by atoms with Crippen LogP contribution in [-0.2, 0) is 13.1 Å². The number of hydrogen-bond donors (Lipinski definition) is 3. The van der Waals surface area contributed by atoms with Gasteiger partial charge in [-0.3, -0.25) is 4.98 Å². The molecule has 3 aromatic rings. The molecule has 0 aliphatic carbocycles. The number of anilines is 1. The summed E-state index contributed by atoms with van der Waals surface area (Å²) in [5.41, 5.74) is 11.0. The van der Waals surface area contributed by atoms with E-state index in [9.17, 15) is 0 Å². The first-order chi connectivity index (χ1) is 10.6. The zero-order valence-corrected chi connectivity index (χ0v) is 13.6. The third kappa shape index (κ3) is 2.77. The van der Waals surface area contributed by atoms with Crippen molar-refractivity contribution in [2.75, 3.05) is 5.73 Å². The molecule has 4 N–H and O–H groups in total. The number of pyridine rings is 1. The van der Waals surface area contributed by atoms with Crippen LogP contribution in [0, 0.1) is 6.92 Å². The number of fused-ring (bicyclic) bond motifs is 1. The van der Waals surface area contributed by atoms with Crippen molar-refractivity contribution in [1.82, 2.24) is 15.3 Å². The van der Waals surface area contributed by atoms with Crippen LogP contribution in [0.5, 0.6) is 0 Å². The minimum Gasteiger partial charge on any atom is -0.397 e. The average Bonchev–Trinajstić information content (AvgIpc) is 2.89. The van der Waals surface area contributed by atoms with Gasteiger partial charge in [0.05, 0.1) is 21.2 Å². The van der Waals surface area contributed by atoms with Crippen molar-refractivity contribution >= 4 is 39.8 Å². The summed E-state index contributed by atoms with van der Waals surface area (Å²) in [5.74, 6) is 0. The number of benzene rings is 1. The summed E-state index contributed by atoms with van der Waals surface area (Å²) in [6, 6.07) is 3.86. The van der Waals surface area contributed by atoms with Crippen LogP contribution in [0.2, 0.25) is 10.0 Å². The largest absolute Gasteiger partial charge is 0.397 e. The van der Waals surface area contributed by atoms with Crippen molar-refractivity contribution in [3.63, 3.8) is 0 Å². The number of hydrogen-bond acceptors (Lipinski definition) is 3. The predicted molar refractivity (Wildman–Crippen MR) is 92.2 cm³/mol. The van der Waals surface area contributed by atoms with Crippen LogP contribution in [0.25, 0.3) is 10.9 Å². The molecular formula is C16H16Cl2N4. The normalized spacial score (nSPS) is 11.2. The molecule has 1 aromatic carbocycles. The molecule has 22 heavy (non-hydrogen) atoms. The first kappa shape index (κ1) is 15.2. The molecule has 0 bridgehead atoms. The molecule has 0 fully saturated rings. The average molecular weight is 335 g/mol. The van der Waals surface area contributed by atoms with Crippen molar-refractivity contribution in [2.45, 2.75) is 20.0 Å². The second-order valence-corrected chi connectivity index (χ2v) is 6.04. The van der Waals surface area contributed by atoms with Crippen molar-refractivity contribution in [3.05, 3.63) is 57.5 Å². The third-order valence-corrected chi connectivity index (χ3v) is 4.36. The second-order valence-electron chi connectivity index (χ2n) is 5.22. The molecule has 3 rings (SSSR count). The Morgan fingerprint density at radius 1 is 1.23 bits per heavy atom. The number of nitrogens with one attached hydrogen (secondary N) is 2. The van der Waals surface area contributed by atoms with Crippen LogP contribution < -0.4 is 11.1 Å². The van der Waals surface area contributed by atoms with Crippen LogP contribution in [0.3, 0.4) is 0 Å². The van der Waals surface area contributed by atoms with Gasteiger partial charge in [-0.15, -0.1) is 0 Å². The molecule has 0 aliphatic rings. The summed E-state index contributed by atoms with van der Waals surface area (Å²) in [4.78, 5) is 7.22. The molecule has 0 saturated heterocycles. The van der Waals surface area contributed by atoms with Crippen molar-refractivity contribution in [1.29, 1.82) is 0 Å². The maximum Gasteiger partial charge on any atom is 0.0721 e. The molecule has 114 valence electrons. The van der Waals surface area contributed by atoms with E-state index in [0.717, 1.165) is 28.6 Å². The van der Waals surface area contributed by atoms with Gasteiger partial charge in [0.15, 0.2) is 0 Å². The Kier molecular flexibility index (Phi) is 4.25. The van der Waals surface area contributed by atoms with Gasteiger partial charge in [0.1, 0.15) is 0 Å². The van der Waals surface area contributed by atoms with Gasteiger partial charge < -0.3 is 16.0 Å². The Bertz CT molecular complexity index is 826. The third-order valence-electron chi connectivity index (χ3n) is 3.77. The Morgan fingerprint density at radius 3 is 2.77 bits per heavy atom. The zero-order valence-electron chi connectivity index (χ0n) is 12.1. The predicted octanol–water partition coefficient (Wildman–Crippen LogP) is 4.05. The van der Waals surface area contributed by atoms with Gasteiger partial charge >= 0.3 is 0 Å². The van der Waals surface area contributed by atoms with Crippen LogP contribution in [-0.4, -0.2) is 9.97 Å². The fourth-order valence-corrected chi connectivity index (χ4v) is 3.10. The van der Waals surface area contributed by atoms with E-state index in [1.807, 2.05) is 18.3 Å². The number of aromatic amines is 1. The van der Waals surface area contributed by atoms with Gasteiger partial charge in [0.2, 0.25) is 0 Å². The van der Waals surface area contributed by atoms with Crippen LogP contribution in [0.15, 0.2) is 30.7 Å². The van der Waals surface area contributed by atoms with Gasteiger partial charge in [-0.2, -0.15) is 0 Å². The first-order valence-corrected chi connectivity index (χ1v) is 7.67. The van der Waals surface area contributed by atoms with E-state index >= 15 is 0 Å². The van der Waals surface area contributed by atoms with E-state index in [0.29, 0.717) is 22.3 Å². The maximum atomic E-state index is 6.30. The number of H-pyrrole nitrogens is 1. The number of nitrogen functional groups attached to an aromatic ring is 1. The highest BCUT2D eigenvalue weighted by atomic mass is 35.5. The lowest BCUT2D eigenvalue weighted by Crippen LogP contribution is -2.15. The summed E-state index contributed by atoms with van der Waals surface area (Å²) < 4.78 is 0. The van der Waals surface area contributed by atoms with Gasteiger partial charge in [-0.1, -0.05) is 23.2 Å². The minimum absolute atomic E-state index is 0.581. The van der Waals surface area contributed by atoms with E-state index in [4.69, 9.17) is 28.9 Å². The van der Waals surface area contributed by atoms with Crippen molar-refractivity contribution < 1.29 is 0 Å². The molecule has 0 amide bonds.